The van der Waals surface area contributed by atoms with Crippen molar-refractivity contribution in [2.24, 2.45) is 11.7 Å². The molecule has 0 saturated heterocycles. The van der Waals surface area contributed by atoms with E-state index in [1.165, 1.54) is 17.8 Å². The van der Waals surface area contributed by atoms with Crippen molar-refractivity contribution in [3.8, 4) is 0 Å². The van der Waals surface area contributed by atoms with Gasteiger partial charge in [-0.15, -0.1) is 0 Å². The first kappa shape index (κ1) is 26.7. The highest BCUT2D eigenvalue weighted by Gasteiger charge is 2.19. The topological polar surface area (TPSA) is 88.2 Å². The van der Waals surface area contributed by atoms with E-state index in [-0.39, 0.29) is 12.2 Å². The summed E-state index contributed by atoms with van der Waals surface area (Å²) in [5.41, 5.74) is 11.5. The van der Waals surface area contributed by atoms with Gasteiger partial charge in [-0.1, -0.05) is 66.7 Å². The standard InChI is InChI=1S/C11H13FN2.C11H15NO2.C6H6/c1-7(2)8-3-10-11(13-5-8)4-9(12)6-14-10;1-8-2-3-9(7-11(13)14)6-10(8)4-5-12;1-2-4-6-5-3-1/h4,6,8,13H,1,3,5H2,2H3;2-3,6H,4-5,7,12H2,1H3,(H,13,14);1-6H. The van der Waals surface area contributed by atoms with Gasteiger partial charge in [0.25, 0.3) is 0 Å². The summed E-state index contributed by atoms with van der Waals surface area (Å²) < 4.78 is 12.8. The Bertz CT molecular complexity index is 1040. The van der Waals surface area contributed by atoms with Gasteiger partial charge in [0.15, 0.2) is 0 Å². The number of carbonyl (C=O) groups is 1. The van der Waals surface area contributed by atoms with E-state index < -0.39 is 5.97 Å². The van der Waals surface area contributed by atoms with Gasteiger partial charge >= 0.3 is 5.97 Å². The molecule has 0 radical (unpaired) electrons. The van der Waals surface area contributed by atoms with Gasteiger partial charge in [0, 0.05) is 18.5 Å². The van der Waals surface area contributed by atoms with Crippen LogP contribution in [0.4, 0.5) is 10.1 Å². The lowest BCUT2D eigenvalue weighted by Crippen LogP contribution is -2.24. The number of nitrogens with two attached hydrogens (primary N) is 1. The number of aliphatic carboxylic acids is 1. The highest BCUT2D eigenvalue weighted by molar-refractivity contribution is 5.70. The van der Waals surface area contributed by atoms with Crippen LogP contribution < -0.4 is 11.1 Å². The van der Waals surface area contributed by atoms with Crippen LogP contribution in [-0.2, 0) is 24.1 Å². The number of carboxylic acids is 1. The van der Waals surface area contributed by atoms with Crippen LogP contribution in [0.2, 0.25) is 0 Å². The molecule has 0 spiro atoms. The molecule has 1 aromatic heterocycles. The fourth-order valence-electron chi connectivity index (χ4n) is 3.49. The van der Waals surface area contributed by atoms with Crippen molar-refractivity contribution >= 4 is 11.7 Å². The molecule has 0 bridgehead atoms. The van der Waals surface area contributed by atoms with Crippen molar-refractivity contribution in [1.82, 2.24) is 4.98 Å². The van der Waals surface area contributed by atoms with E-state index in [0.29, 0.717) is 12.5 Å². The summed E-state index contributed by atoms with van der Waals surface area (Å²) in [5.74, 6) is -0.668. The molecule has 34 heavy (non-hydrogen) atoms. The van der Waals surface area contributed by atoms with E-state index in [9.17, 15) is 9.18 Å². The van der Waals surface area contributed by atoms with Gasteiger partial charge in [0.2, 0.25) is 0 Å². The average Bonchev–Trinajstić information content (AvgIpc) is 2.82. The lowest BCUT2D eigenvalue weighted by Gasteiger charge is -2.25. The van der Waals surface area contributed by atoms with Gasteiger partial charge in [-0.05, 0) is 49.9 Å². The fourth-order valence-corrected chi connectivity index (χ4v) is 3.49. The Morgan fingerprint density at radius 3 is 2.41 bits per heavy atom. The molecule has 2 heterocycles. The minimum atomic E-state index is -0.799. The van der Waals surface area contributed by atoms with Crippen LogP contribution >= 0.6 is 0 Å². The number of nitrogens with one attached hydrogen (secondary N) is 1. The number of halogens is 1. The monoisotopic (exact) mass is 463 g/mol. The Kier molecular flexibility index (Phi) is 10.9. The summed E-state index contributed by atoms with van der Waals surface area (Å²) in [5, 5.41) is 11.8. The van der Waals surface area contributed by atoms with Crippen LogP contribution in [0.3, 0.4) is 0 Å². The van der Waals surface area contributed by atoms with E-state index in [1.54, 1.807) is 0 Å². The summed E-state index contributed by atoms with van der Waals surface area (Å²) in [7, 11) is 0. The highest BCUT2D eigenvalue weighted by Crippen LogP contribution is 2.26. The maximum atomic E-state index is 12.8. The summed E-state index contributed by atoms with van der Waals surface area (Å²) >= 11 is 0. The van der Waals surface area contributed by atoms with Crippen LogP contribution in [0, 0.1) is 18.7 Å². The zero-order valence-electron chi connectivity index (χ0n) is 19.9. The Morgan fingerprint density at radius 2 is 1.85 bits per heavy atom. The first-order chi connectivity index (χ1) is 16.3. The number of fused-ring (bicyclic) bond motifs is 1. The predicted molar refractivity (Wildman–Crippen MR) is 136 cm³/mol. The summed E-state index contributed by atoms with van der Waals surface area (Å²) in [4.78, 5) is 14.6. The largest absolute Gasteiger partial charge is 0.481 e. The molecule has 1 aliphatic rings. The molecule has 4 N–H and O–H groups in total. The number of nitrogens with zero attached hydrogens (tertiary/aromatic N) is 1. The number of hydrogen-bond acceptors (Lipinski definition) is 4. The molecule has 6 heteroatoms. The van der Waals surface area contributed by atoms with Crippen molar-refractivity contribution in [3.05, 3.63) is 107 Å². The molecular weight excluding hydrogens is 429 g/mol. The number of anilines is 1. The summed E-state index contributed by atoms with van der Waals surface area (Å²) in [6.07, 6.45) is 3.01. The Morgan fingerprint density at radius 1 is 1.21 bits per heavy atom. The van der Waals surface area contributed by atoms with Crippen LogP contribution in [-0.4, -0.2) is 29.1 Å². The number of pyridine rings is 1. The lowest BCUT2D eigenvalue weighted by atomic mass is 9.92. The summed E-state index contributed by atoms with van der Waals surface area (Å²) in [6.45, 7) is 9.37. The molecule has 1 atom stereocenters. The molecule has 1 aliphatic heterocycles. The first-order valence-corrected chi connectivity index (χ1v) is 11.3. The second-order valence-corrected chi connectivity index (χ2v) is 8.30. The van der Waals surface area contributed by atoms with Crippen molar-refractivity contribution in [2.75, 3.05) is 18.4 Å². The molecule has 0 saturated carbocycles. The Hall–Kier alpha value is -3.51. The molecule has 180 valence electrons. The third-order valence-electron chi connectivity index (χ3n) is 5.46. The molecule has 1 unspecified atom stereocenters. The van der Waals surface area contributed by atoms with Crippen LogP contribution in [0.15, 0.2) is 79.0 Å². The minimum Gasteiger partial charge on any atom is -0.481 e. The van der Waals surface area contributed by atoms with Gasteiger partial charge in [0.1, 0.15) is 5.82 Å². The zero-order chi connectivity index (χ0) is 24.9. The molecule has 2 aromatic carbocycles. The van der Waals surface area contributed by atoms with E-state index in [4.69, 9.17) is 10.8 Å². The number of hydrogen-bond donors (Lipinski definition) is 3. The molecule has 5 nitrogen and oxygen atoms in total. The minimum absolute atomic E-state index is 0.0812. The van der Waals surface area contributed by atoms with Crippen LogP contribution in [0.5, 0.6) is 0 Å². The lowest BCUT2D eigenvalue weighted by molar-refractivity contribution is -0.136. The van der Waals surface area contributed by atoms with Crippen molar-refractivity contribution in [1.29, 1.82) is 0 Å². The van der Waals surface area contributed by atoms with Gasteiger partial charge in [-0.25, -0.2) is 4.39 Å². The number of rotatable bonds is 5. The third kappa shape index (κ3) is 9.16. The fraction of sp³-hybridized carbons (Fsp3) is 0.286. The average molecular weight is 464 g/mol. The number of aromatic nitrogens is 1. The van der Waals surface area contributed by atoms with E-state index in [1.807, 2.05) is 68.4 Å². The van der Waals surface area contributed by atoms with Crippen LogP contribution in [0.1, 0.15) is 29.3 Å². The van der Waals surface area contributed by atoms with E-state index in [2.05, 4.69) is 16.9 Å². The van der Waals surface area contributed by atoms with Crippen LogP contribution in [0.25, 0.3) is 0 Å². The quantitative estimate of drug-likeness (QED) is 0.453. The molecule has 0 fully saturated rings. The van der Waals surface area contributed by atoms with Crippen molar-refractivity contribution in [3.63, 3.8) is 0 Å². The second-order valence-electron chi connectivity index (χ2n) is 8.30. The van der Waals surface area contributed by atoms with Crippen molar-refractivity contribution < 1.29 is 14.3 Å². The van der Waals surface area contributed by atoms with Gasteiger partial charge in [-0.2, -0.15) is 0 Å². The normalized spacial score (nSPS) is 13.7. The van der Waals surface area contributed by atoms with E-state index in [0.717, 1.165) is 47.5 Å². The molecule has 0 aliphatic carbocycles. The van der Waals surface area contributed by atoms with Gasteiger partial charge in [-0.3, -0.25) is 9.78 Å². The third-order valence-corrected chi connectivity index (χ3v) is 5.46. The molecular formula is C28H34FN3O2. The Labute approximate surface area is 201 Å². The maximum Gasteiger partial charge on any atom is 0.307 e. The Balaban J connectivity index is 0.000000194. The van der Waals surface area contributed by atoms with Crippen molar-refractivity contribution in [2.45, 2.75) is 33.1 Å². The SMILES string of the molecule is C=C(C)C1CNc2cc(F)cnc2C1.Cc1ccc(CC(=O)O)cc1CCN.c1ccccc1. The molecule has 4 rings (SSSR count). The number of carboxylic acid groups (broad SMARTS) is 1. The smallest absolute Gasteiger partial charge is 0.307 e. The highest BCUT2D eigenvalue weighted by atomic mass is 19.1. The second kappa shape index (κ2) is 13.9. The van der Waals surface area contributed by atoms with Gasteiger partial charge in [0.05, 0.1) is 24.0 Å². The molecule has 3 aromatic rings. The predicted octanol–water partition coefficient (Wildman–Crippen LogP) is 5.19. The van der Waals surface area contributed by atoms with E-state index >= 15 is 0 Å². The summed E-state index contributed by atoms with van der Waals surface area (Å²) in [6, 6.07) is 19.2. The first-order valence-electron chi connectivity index (χ1n) is 11.3. The number of aryl methyl sites for hydroxylation is 1. The maximum absolute atomic E-state index is 12.8. The number of benzene rings is 2. The zero-order valence-corrected chi connectivity index (χ0v) is 19.9. The molecule has 0 amide bonds. The van der Waals surface area contributed by atoms with Gasteiger partial charge < -0.3 is 16.2 Å².